The predicted octanol–water partition coefficient (Wildman–Crippen LogP) is 3.29. The van der Waals surface area contributed by atoms with E-state index in [9.17, 15) is 14.3 Å². The van der Waals surface area contributed by atoms with E-state index < -0.39 is 5.60 Å². The molecule has 1 aromatic rings. The number of carbonyl (C=O) groups is 1. The Morgan fingerprint density at radius 1 is 1.15 bits per heavy atom. The van der Waals surface area contributed by atoms with Crippen LogP contribution in [0, 0.1) is 5.82 Å². The van der Waals surface area contributed by atoms with Crippen LogP contribution in [-0.4, -0.2) is 53.0 Å². The molecule has 2 aliphatic heterocycles. The lowest BCUT2D eigenvalue weighted by atomic mass is 9.87. The van der Waals surface area contributed by atoms with Gasteiger partial charge in [-0.2, -0.15) is 0 Å². The maximum atomic E-state index is 13.2. The van der Waals surface area contributed by atoms with Crippen molar-refractivity contribution in [2.75, 3.05) is 26.2 Å². The number of halogens is 1. The van der Waals surface area contributed by atoms with Crippen molar-refractivity contribution in [3.63, 3.8) is 0 Å². The number of likely N-dealkylation sites (tertiary alicyclic amines) is 2. The van der Waals surface area contributed by atoms with Crippen molar-refractivity contribution in [2.45, 2.75) is 63.5 Å². The quantitative estimate of drug-likeness (QED) is 0.894. The van der Waals surface area contributed by atoms with Crippen LogP contribution in [0.15, 0.2) is 24.3 Å². The lowest BCUT2D eigenvalue weighted by molar-refractivity contribution is -0.133. The molecule has 1 aromatic carbocycles. The molecule has 5 heteroatoms. The number of carbonyl (C=O) groups excluding carboxylic acids is 1. The van der Waals surface area contributed by atoms with Gasteiger partial charge in [0.25, 0.3) is 0 Å². The van der Waals surface area contributed by atoms with Crippen LogP contribution in [-0.2, 0) is 10.4 Å². The third-order valence-electron chi connectivity index (χ3n) is 6.11. The highest BCUT2D eigenvalue weighted by molar-refractivity contribution is 5.78. The Bertz CT molecular complexity index is 607. The van der Waals surface area contributed by atoms with Gasteiger partial charge in [-0.25, -0.2) is 4.39 Å². The summed E-state index contributed by atoms with van der Waals surface area (Å²) in [6.07, 6.45) is 6.58. The summed E-state index contributed by atoms with van der Waals surface area (Å²) in [7, 11) is 0. The number of piperidine rings is 1. The molecular formula is C21H31FN2O2. The zero-order chi connectivity index (χ0) is 18.6. The van der Waals surface area contributed by atoms with Gasteiger partial charge in [0.05, 0.1) is 12.1 Å². The maximum absolute atomic E-state index is 13.2. The number of aliphatic hydroxyl groups is 1. The second-order valence-electron chi connectivity index (χ2n) is 7.80. The average molecular weight is 362 g/mol. The minimum absolute atomic E-state index is 0.175. The second-order valence-corrected chi connectivity index (χ2v) is 7.80. The maximum Gasteiger partial charge on any atom is 0.236 e. The molecule has 2 atom stereocenters. The summed E-state index contributed by atoms with van der Waals surface area (Å²) >= 11 is 0. The van der Waals surface area contributed by atoms with Crippen LogP contribution in [0.1, 0.15) is 57.4 Å². The number of benzene rings is 1. The summed E-state index contributed by atoms with van der Waals surface area (Å²) in [6.45, 7) is 4.94. The van der Waals surface area contributed by atoms with Gasteiger partial charge in [-0.1, -0.05) is 25.5 Å². The third-order valence-corrected chi connectivity index (χ3v) is 6.11. The van der Waals surface area contributed by atoms with Gasteiger partial charge in [0.2, 0.25) is 5.91 Å². The molecule has 1 N–H and O–H groups in total. The second kappa shape index (κ2) is 8.49. The lowest BCUT2D eigenvalue weighted by Gasteiger charge is -2.36. The minimum atomic E-state index is -0.972. The van der Waals surface area contributed by atoms with Gasteiger partial charge in [0.15, 0.2) is 0 Å². The van der Waals surface area contributed by atoms with Crippen LogP contribution >= 0.6 is 0 Å². The standard InChI is InChI=1S/C21H31FN2O2/c1-2-19-6-3-4-13-24(19)16-20(25)23-14-5-11-21(26,12-15-23)17-7-9-18(22)10-8-17/h7-10,19,26H,2-6,11-16H2,1H3/t19-,21+/m1/s1. The average Bonchev–Trinajstić information content (AvgIpc) is 2.85. The molecule has 0 aromatic heterocycles. The summed E-state index contributed by atoms with van der Waals surface area (Å²) in [5.41, 5.74) is -0.227. The number of hydrogen-bond donors (Lipinski definition) is 1. The summed E-state index contributed by atoms with van der Waals surface area (Å²) in [5.74, 6) is -0.122. The largest absolute Gasteiger partial charge is 0.385 e. The van der Waals surface area contributed by atoms with E-state index in [1.165, 1.54) is 31.4 Å². The van der Waals surface area contributed by atoms with Crippen LogP contribution in [0.5, 0.6) is 0 Å². The van der Waals surface area contributed by atoms with Crippen molar-refractivity contribution in [3.05, 3.63) is 35.6 Å². The van der Waals surface area contributed by atoms with E-state index in [0.717, 1.165) is 24.9 Å². The Kier molecular flexibility index (Phi) is 6.30. The van der Waals surface area contributed by atoms with Crippen LogP contribution in [0.25, 0.3) is 0 Å². The molecule has 1 amide bonds. The van der Waals surface area contributed by atoms with Gasteiger partial charge < -0.3 is 10.0 Å². The summed E-state index contributed by atoms with van der Waals surface area (Å²) in [4.78, 5) is 17.1. The van der Waals surface area contributed by atoms with Crippen molar-refractivity contribution >= 4 is 5.91 Å². The topological polar surface area (TPSA) is 43.8 Å². The lowest BCUT2D eigenvalue weighted by Crippen LogP contribution is -2.47. The molecule has 2 heterocycles. The van der Waals surface area contributed by atoms with Gasteiger partial charge in [-0.05, 0) is 62.8 Å². The van der Waals surface area contributed by atoms with E-state index in [1.807, 2.05) is 4.90 Å². The molecule has 2 fully saturated rings. The van der Waals surface area contributed by atoms with Crippen LogP contribution in [0.3, 0.4) is 0 Å². The van der Waals surface area contributed by atoms with Crippen molar-refractivity contribution in [1.29, 1.82) is 0 Å². The first-order valence-corrected chi connectivity index (χ1v) is 10.0. The summed E-state index contributed by atoms with van der Waals surface area (Å²) in [5, 5.41) is 11.0. The molecule has 0 spiro atoms. The molecule has 0 unspecified atom stereocenters. The van der Waals surface area contributed by atoms with Crippen molar-refractivity contribution in [2.24, 2.45) is 0 Å². The Morgan fingerprint density at radius 2 is 1.92 bits per heavy atom. The minimum Gasteiger partial charge on any atom is -0.385 e. The summed E-state index contributed by atoms with van der Waals surface area (Å²) < 4.78 is 13.2. The molecule has 0 radical (unpaired) electrons. The third kappa shape index (κ3) is 4.44. The van der Waals surface area contributed by atoms with Gasteiger partial charge in [0.1, 0.15) is 5.82 Å². The zero-order valence-electron chi connectivity index (χ0n) is 15.8. The van der Waals surface area contributed by atoms with Crippen LogP contribution in [0.2, 0.25) is 0 Å². The number of nitrogens with zero attached hydrogens (tertiary/aromatic N) is 2. The van der Waals surface area contributed by atoms with Gasteiger partial charge in [0, 0.05) is 19.1 Å². The van der Waals surface area contributed by atoms with Crippen LogP contribution < -0.4 is 0 Å². The number of hydrogen-bond acceptors (Lipinski definition) is 3. The molecule has 144 valence electrons. The highest BCUT2D eigenvalue weighted by Crippen LogP contribution is 2.33. The SMILES string of the molecule is CC[C@@H]1CCCCN1CC(=O)N1CCC[C@@](O)(c2ccc(F)cc2)CC1. The molecule has 26 heavy (non-hydrogen) atoms. The first kappa shape index (κ1) is 19.3. The van der Waals surface area contributed by atoms with E-state index in [-0.39, 0.29) is 11.7 Å². The zero-order valence-corrected chi connectivity index (χ0v) is 15.8. The molecule has 2 saturated heterocycles. The normalized spacial score (nSPS) is 28.0. The molecule has 0 bridgehead atoms. The Balaban J connectivity index is 1.60. The number of amides is 1. The van der Waals surface area contributed by atoms with E-state index in [0.29, 0.717) is 38.5 Å². The van der Waals surface area contributed by atoms with Crippen molar-refractivity contribution in [1.82, 2.24) is 9.80 Å². The first-order chi connectivity index (χ1) is 12.5. The van der Waals surface area contributed by atoms with Crippen molar-refractivity contribution in [3.8, 4) is 0 Å². The Morgan fingerprint density at radius 3 is 2.65 bits per heavy atom. The van der Waals surface area contributed by atoms with E-state index in [4.69, 9.17) is 0 Å². The smallest absolute Gasteiger partial charge is 0.236 e. The van der Waals surface area contributed by atoms with Crippen LogP contribution in [0.4, 0.5) is 4.39 Å². The highest BCUT2D eigenvalue weighted by Gasteiger charge is 2.34. The highest BCUT2D eigenvalue weighted by atomic mass is 19.1. The van der Waals surface area contributed by atoms with Crippen molar-refractivity contribution < 1.29 is 14.3 Å². The van der Waals surface area contributed by atoms with E-state index in [1.54, 1.807) is 12.1 Å². The first-order valence-electron chi connectivity index (χ1n) is 10.0. The fraction of sp³-hybridized carbons (Fsp3) is 0.667. The van der Waals surface area contributed by atoms with Gasteiger partial charge >= 0.3 is 0 Å². The molecule has 0 aliphatic carbocycles. The Labute approximate surface area is 156 Å². The Hall–Kier alpha value is -1.46. The monoisotopic (exact) mass is 362 g/mol. The fourth-order valence-corrected chi connectivity index (χ4v) is 4.42. The van der Waals surface area contributed by atoms with Gasteiger partial charge in [-0.15, -0.1) is 0 Å². The molecule has 2 aliphatic rings. The summed E-state index contributed by atoms with van der Waals surface area (Å²) in [6, 6.07) is 6.62. The molecule has 4 nitrogen and oxygen atoms in total. The molecular weight excluding hydrogens is 331 g/mol. The van der Waals surface area contributed by atoms with E-state index >= 15 is 0 Å². The van der Waals surface area contributed by atoms with Gasteiger partial charge in [-0.3, -0.25) is 9.69 Å². The molecule has 3 rings (SSSR count). The van der Waals surface area contributed by atoms with E-state index in [2.05, 4.69) is 11.8 Å². The predicted molar refractivity (Wildman–Crippen MR) is 100 cm³/mol. The number of rotatable bonds is 4. The fourth-order valence-electron chi connectivity index (χ4n) is 4.42. The molecule has 0 saturated carbocycles.